The van der Waals surface area contributed by atoms with Gasteiger partial charge in [0.25, 0.3) is 12.9 Å². The van der Waals surface area contributed by atoms with Crippen molar-refractivity contribution < 1.29 is 29.6 Å². The lowest BCUT2D eigenvalue weighted by atomic mass is 9.97. The van der Waals surface area contributed by atoms with E-state index < -0.39 is 0 Å². The number of likely N-dealkylation sites (tertiary alicyclic amines) is 1. The zero-order valence-corrected chi connectivity index (χ0v) is 16.6. The molecule has 3 N–H and O–H groups in total. The Morgan fingerprint density at radius 3 is 2.43 bits per heavy atom. The fourth-order valence-electron chi connectivity index (χ4n) is 3.13. The molecule has 0 amide bonds. The molecule has 1 atom stereocenters. The number of carbonyl (C=O) groups is 2. The van der Waals surface area contributed by atoms with Crippen molar-refractivity contribution in [1.82, 2.24) is 19.8 Å². The minimum Gasteiger partial charge on any atom is -0.483 e. The third-order valence-corrected chi connectivity index (χ3v) is 4.07. The van der Waals surface area contributed by atoms with Gasteiger partial charge in [0, 0.05) is 51.2 Å². The molecular formula is C18H32N4O6. The van der Waals surface area contributed by atoms with Crippen LogP contribution in [0.3, 0.4) is 0 Å². The molecular weight excluding hydrogens is 368 g/mol. The van der Waals surface area contributed by atoms with Gasteiger partial charge >= 0.3 is 0 Å². The maximum atomic E-state index is 9.07. The van der Waals surface area contributed by atoms with Crippen molar-refractivity contribution >= 4 is 12.9 Å². The quantitative estimate of drug-likeness (QED) is 0.518. The highest BCUT2D eigenvalue weighted by molar-refractivity contribution is 5.33. The number of aliphatic hydroxyl groups is 1. The fourth-order valence-corrected chi connectivity index (χ4v) is 3.13. The van der Waals surface area contributed by atoms with Gasteiger partial charge in [-0.1, -0.05) is 0 Å². The van der Waals surface area contributed by atoms with Crippen molar-refractivity contribution in [2.45, 2.75) is 26.0 Å². The summed E-state index contributed by atoms with van der Waals surface area (Å²) in [5.41, 5.74) is 1.13. The Hall–Kier alpha value is -2.14. The van der Waals surface area contributed by atoms with E-state index in [1.54, 1.807) is 7.11 Å². The van der Waals surface area contributed by atoms with Crippen LogP contribution in [0.2, 0.25) is 0 Å². The third-order valence-electron chi connectivity index (χ3n) is 4.07. The predicted molar refractivity (Wildman–Crippen MR) is 103 cm³/mol. The van der Waals surface area contributed by atoms with Crippen molar-refractivity contribution in [2.75, 3.05) is 46.9 Å². The number of nitrogens with zero attached hydrogens (tertiary/aromatic N) is 4. The number of hydrogen-bond acceptors (Lipinski definition) is 8. The summed E-state index contributed by atoms with van der Waals surface area (Å²) >= 11 is 0. The highest BCUT2D eigenvalue weighted by Crippen LogP contribution is 2.17. The van der Waals surface area contributed by atoms with Gasteiger partial charge in [-0.25, -0.2) is 9.97 Å². The Bertz CT molecular complexity index is 509. The predicted octanol–water partition coefficient (Wildman–Crippen LogP) is 0.161. The number of hydrogen-bond donors (Lipinski definition) is 3. The van der Waals surface area contributed by atoms with Crippen molar-refractivity contribution in [3.05, 3.63) is 23.8 Å². The number of methoxy groups -OCH3 is 1. The summed E-state index contributed by atoms with van der Waals surface area (Å²) in [5.74, 6) is 1.40. The van der Waals surface area contributed by atoms with Crippen LogP contribution < -0.4 is 0 Å². The fraction of sp³-hybridized carbons (Fsp3) is 0.667. The summed E-state index contributed by atoms with van der Waals surface area (Å²) in [6.45, 7) is 5.16. The molecule has 0 aromatic carbocycles. The first-order chi connectivity index (χ1) is 13.5. The molecule has 0 radical (unpaired) electrons. The van der Waals surface area contributed by atoms with E-state index in [4.69, 9.17) is 29.6 Å². The zero-order valence-electron chi connectivity index (χ0n) is 16.6. The van der Waals surface area contributed by atoms with Gasteiger partial charge < -0.3 is 29.9 Å². The molecule has 28 heavy (non-hydrogen) atoms. The Labute approximate surface area is 165 Å². The molecule has 2 rings (SSSR count). The van der Waals surface area contributed by atoms with E-state index in [0.29, 0.717) is 12.5 Å². The van der Waals surface area contributed by atoms with E-state index in [0.717, 1.165) is 44.1 Å². The van der Waals surface area contributed by atoms with Crippen LogP contribution >= 0.6 is 0 Å². The van der Waals surface area contributed by atoms with Gasteiger partial charge in [0.15, 0.2) is 5.82 Å². The van der Waals surface area contributed by atoms with Gasteiger partial charge in [0.05, 0.1) is 6.61 Å². The highest BCUT2D eigenvalue weighted by atomic mass is 16.5. The van der Waals surface area contributed by atoms with Gasteiger partial charge in [0.1, 0.15) is 6.61 Å². The van der Waals surface area contributed by atoms with Crippen molar-refractivity contribution in [3.63, 3.8) is 0 Å². The smallest absolute Gasteiger partial charge is 0.290 e. The van der Waals surface area contributed by atoms with Gasteiger partial charge in [-0.05, 0) is 32.4 Å². The van der Waals surface area contributed by atoms with Crippen LogP contribution in [0.1, 0.15) is 24.2 Å². The van der Waals surface area contributed by atoms with Gasteiger partial charge in [0.2, 0.25) is 0 Å². The second kappa shape index (κ2) is 17.0. The zero-order chi connectivity index (χ0) is 21.2. The molecule has 1 saturated heterocycles. The van der Waals surface area contributed by atoms with Gasteiger partial charge in [-0.2, -0.15) is 0 Å². The van der Waals surface area contributed by atoms with Crippen LogP contribution in [0.15, 0.2) is 12.4 Å². The summed E-state index contributed by atoms with van der Waals surface area (Å²) in [5, 5.41) is 22.8. The van der Waals surface area contributed by atoms with Crippen LogP contribution in [0.5, 0.6) is 0 Å². The summed E-state index contributed by atoms with van der Waals surface area (Å²) in [4.78, 5) is 30.0. The number of ether oxygens (including phenoxy) is 1. The summed E-state index contributed by atoms with van der Waals surface area (Å²) < 4.78 is 5.02. The first-order valence-corrected chi connectivity index (χ1v) is 9.00. The summed E-state index contributed by atoms with van der Waals surface area (Å²) in [6, 6.07) is 0. The summed E-state index contributed by atoms with van der Waals surface area (Å²) in [6.07, 6.45) is 6.27. The molecule has 1 fully saturated rings. The monoisotopic (exact) mass is 400 g/mol. The number of aliphatic hydroxyl groups excluding tert-OH is 1. The average Bonchev–Trinajstić information content (AvgIpc) is 2.65. The second-order valence-corrected chi connectivity index (χ2v) is 6.38. The Balaban J connectivity index is 0.00000108. The lowest BCUT2D eigenvalue weighted by molar-refractivity contribution is -0.123. The molecule has 160 valence electrons. The topological polar surface area (TPSA) is 136 Å². The van der Waals surface area contributed by atoms with Crippen LogP contribution in [-0.2, 0) is 27.5 Å². The lowest BCUT2D eigenvalue weighted by Crippen LogP contribution is -2.41. The van der Waals surface area contributed by atoms with Crippen LogP contribution in [0, 0.1) is 5.92 Å². The molecule has 10 nitrogen and oxygen atoms in total. The van der Waals surface area contributed by atoms with Crippen LogP contribution in [0.4, 0.5) is 0 Å². The third kappa shape index (κ3) is 12.3. The maximum absolute atomic E-state index is 9.07. The SMILES string of the molecule is COCc1ncc(CN(C)CC2CCCN(CCO)C2)cn1.O=CO.O=CO. The van der Waals surface area contributed by atoms with Crippen molar-refractivity contribution in [2.24, 2.45) is 5.92 Å². The largest absolute Gasteiger partial charge is 0.483 e. The van der Waals surface area contributed by atoms with Gasteiger partial charge in [-0.15, -0.1) is 0 Å². The van der Waals surface area contributed by atoms with E-state index in [9.17, 15) is 0 Å². The molecule has 1 aromatic heterocycles. The van der Waals surface area contributed by atoms with E-state index in [1.165, 1.54) is 12.8 Å². The van der Waals surface area contributed by atoms with E-state index in [-0.39, 0.29) is 19.6 Å². The van der Waals surface area contributed by atoms with E-state index in [1.807, 2.05) is 12.4 Å². The highest BCUT2D eigenvalue weighted by Gasteiger charge is 2.20. The maximum Gasteiger partial charge on any atom is 0.290 e. The lowest BCUT2D eigenvalue weighted by Gasteiger charge is -2.34. The minimum absolute atomic E-state index is 0.250. The number of β-amino-alcohol motifs (C(OH)–C–C–N with tert-alkyl or cyclic N) is 1. The Morgan fingerprint density at radius 2 is 1.89 bits per heavy atom. The second-order valence-electron chi connectivity index (χ2n) is 6.38. The molecule has 1 aromatic rings. The molecule has 10 heteroatoms. The number of rotatable bonds is 8. The molecule has 1 aliphatic heterocycles. The first kappa shape index (κ1) is 25.9. The molecule has 0 bridgehead atoms. The molecule has 1 aliphatic rings. The summed E-state index contributed by atoms with van der Waals surface area (Å²) in [7, 11) is 3.79. The molecule has 0 aliphatic carbocycles. The molecule has 0 spiro atoms. The number of carboxylic acid groups (broad SMARTS) is 2. The first-order valence-electron chi connectivity index (χ1n) is 9.00. The van der Waals surface area contributed by atoms with Gasteiger partial charge in [-0.3, -0.25) is 9.59 Å². The normalized spacial score (nSPS) is 16.4. The minimum atomic E-state index is -0.250. The Kier molecular flexibility index (Phi) is 15.7. The van der Waals surface area contributed by atoms with E-state index in [2.05, 4.69) is 26.8 Å². The molecule has 2 heterocycles. The van der Waals surface area contributed by atoms with Crippen molar-refractivity contribution in [3.8, 4) is 0 Å². The molecule has 0 saturated carbocycles. The Morgan fingerprint density at radius 1 is 1.29 bits per heavy atom. The van der Waals surface area contributed by atoms with Crippen LogP contribution in [0.25, 0.3) is 0 Å². The average molecular weight is 400 g/mol. The number of aromatic nitrogens is 2. The van der Waals surface area contributed by atoms with Crippen LogP contribution in [-0.4, -0.2) is 95.0 Å². The standard InChI is InChI=1S/C16H28N4O2.2CH2O2/c1-19(10-14-4-3-5-20(12-14)6-7-21)11-15-8-17-16(13-22-2)18-9-15;2*2-1-3/h8-9,14,21H,3-7,10-13H2,1-2H3;2*1H,(H,2,3). The molecule has 1 unspecified atom stereocenters. The van der Waals surface area contributed by atoms with E-state index >= 15 is 0 Å². The number of piperidine rings is 1. The van der Waals surface area contributed by atoms with Crippen molar-refractivity contribution in [1.29, 1.82) is 0 Å².